The fourth-order valence-electron chi connectivity index (χ4n) is 3.45. The van der Waals surface area contributed by atoms with Crippen molar-refractivity contribution in [3.8, 4) is 11.5 Å². The Bertz CT molecular complexity index is 1460. The summed E-state index contributed by atoms with van der Waals surface area (Å²) >= 11 is 20.0. The van der Waals surface area contributed by atoms with Gasteiger partial charge in [0.15, 0.2) is 16.7 Å². The first-order valence-corrected chi connectivity index (χ1v) is 13.2. The maximum Gasteiger partial charge on any atom is 0.335 e. The number of halogens is 3. The number of hydrogen-bond acceptors (Lipinski definition) is 6. The molecule has 7 nitrogen and oxygen atoms in total. The Hall–Kier alpha value is -3.17. The molecular weight excluding hydrogens is 571 g/mol. The van der Waals surface area contributed by atoms with Gasteiger partial charge in [-0.05, 0) is 78.9 Å². The lowest BCUT2D eigenvalue weighted by atomic mass is 10.1. The smallest absolute Gasteiger partial charge is 0.335 e. The van der Waals surface area contributed by atoms with Gasteiger partial charge >= 0.3 is 5.97 Å². The largest absolute Gasteiger partial charge is 0.490 e. The van der Waals surface area contributed by atoms with Gasteiger partial charge in [-0.2, -0.15) is 0 Å². The van der Waals surface area contributed by atoms with Crippen LogP contribution in [0.5, 0.6) is 11.5 Å². The molecule has 1 amide bonds. The monoisotopic (exact) mass is 590 g/mol. The van der Waals surface area contributed by atoms with Gasteiger partial charge in [0.25, 0.3) is 5.91 Å². The van der Waals surface area contributed by atoms with Crippen LogP contribution in [-0.4, -0.2) is 40.7 Å². The molecule has 1 aliphatic heterocycles. The molecule has 196 valence electrons. The first-order chi connectivity index (χ1) is 18.2. The van der Waals surface area contributed by atoms with E-state index in [0.29, 0.717) is 54.5 Å². The van der Waals surface area contributed by atoms with Crippen LogP contribution >= 0.6 is 46.6 Å². The highest BCUT2D eigenvalue weighted by Gasteiger charge is 2.30. The van der Waals surface area contributed by atoms with Crippen molar-refractivity contribution in [3.05, 3.63) is 91.3 Å². The van der Waals surface area contributed by atoms with Crippen LogP contribution < -0.4 is 9.47 Å². The molecule has 1 aliphatic rings. The number of hydrogen-bond donors (Lipinski definition) is 1. The number of likely N-dealkylation sites (N-methyl/N-ethyl adjacent to an activating group) is 1. The number of thioether (sulfide) groups is 1. The first-order valence-electron chi connectivity index (χ1n) is 11.3. The zero-order valence-corrected chi connectivity index (χ0v) is 23.3. The Morgan fingerprint density at radius 3 is 2.45 bits per heavy atom. The fraction of sp³-hybridized carbons (Fsp3) is 0.148. The molecule has 0 saturated carbocycles. The number of amidine groups is 1. The number of benzene rings is 3. The van der Waals surface area contributed by atoms with E-state index in [1.165, 1.54) is 28.8 Å². The quantitative estimate of drug-likeness (QED) is 0.272. The van der Waals surface area contributed by atoms with E-state index < -0.39 is 5.97 Å². The normalized spacial score (nSPS) is 15.4. The second-order valence-electron chi connectivity index (χ2n) is 8.01. The van der Waals surface area contributed by atoms with Crippen molar-refractivity contribution in [1.29, 1.82) is 0 Å². The van der Waals surface area contributed by atoms with Crippen LogP contribution in [-0.2, 0) is 11.4 Å². The molecular formula is C27H21Cl3N2O5S. The molecule has 0 aromatic heterocycles. The summed E-state index contributed by atoms with van der Waals surface area (Å²) in [6, 6.07) is 14.7. The predicted molar refractivity (Wildman–Crippen MR) is 152 cm³/mol. The Labute approximate surface area is 238 Å². The van der Waals surface area contributed by atoms with Gasteiger partial charge in [-0.1, -0.05) is 40.9 Å². The molecule has 1 N–H and O–H groups in total. The molecule has 0 spiro atoms. The van der Waals surface area contributed by atoms with Crippen LogP contribution in [0.4, 0.5) is 5.69 Å². The van der Waals surface area contributed by atoms with Crippen molar-refractivity contribution in [2.75, 3.05) is 13.7 Å². The van der Waals surface area contributed by atoms with Crippen LogP contribution in [0.2, 0.25) is 15.1 Å². The molecule has 0 aliphatic carbocycles. The Balaban J connectivity index is 1.58. The minimum atomic E-state index is -1.02. The van der Waals surface area contributed by atoms with Crippen molar-refractivity contribution in [1.82, 2.24) is 4.90 Å². The number of aliphatic imine (C=N–C) groups is 1. The molecule has 0 bridgehead atoms. The zero-order valence-electron chi connectivity index (χ0n) is 20.2. The predicted octanol–water partition coefficient (Wildman–Crippen LogP) is 7.56. The number of nitrogens with zero attached hydrogens (tertiary/aromatic N) is 2. The van der Waals surface area contributed by atoms with E-state index in [9.17, 15) is 9.59 Å². The number of carbonyl (C=O) groups excluding carboxylic acids is 1. The number of carboxylic acids is 1. The van der Waals surface area contributed by atoms with Crippen LogP contribution in [0.1, 0.15) is 28.4 Å². The van der Waals surface area contributed by atoms with Crippen LogP contribution in [0, 0.1) is 0 Å². The number of carboxylic acid groups (broad SMARTS) is 1. The van der Waals surface area contributed by atoms with E-state index in [0.717, 1.165) is 5.56 Å². The number of carbonyl (C=O) groups is 2. The number of ether oxygens (including phenoxy) is 2. The lowest BCUT2D eigenvalue weighted by Crippen LogP contribution is -2.23. The zero-order chi connectivity index (χ0) is 27.4. The highest BCUT2D eigenvalue weighted by atomic mass is 35.5. The van der Waals surface area contributed by atoms with Gasteiger partial charge in [-0.3, -0.25) is 9.69 Å². The lowest BCUT2D eigenvalue weighted by Gasteiger charge is -2.15. The summed E-state index contributed by atoms with van der Waals surface area (Å²) in [5.74, 6) is -0.473. The molecule has 3 aromatic carbocycles. The molecule has 11 heteroatoms. The minimum Gasteiger partial charge on any atom is -0.490 e. The maximum absolute atomic E-state index is 12.9. The average molecular weight is 592 g/mol. The van der Waals surface area contributed by atoms with Crippen molar-refractivity contribution >= 4 is 75.4 Å². The number of aromatic carboxylic acids is 1. The van der Waals surface area contributed by atoms with Crippen LogP contribution in [0.3, 0.4) is 0 Å². The highest BCUT2D eigenvalue weighted by molar-refractivity contribution is 8.18. The van der Waals surface area contributed by atoms with Gasteiger partial charge in [0.05, 0.1) is 27.8 Å². The van der Waals surface area contributed by atoms with Gasteiger partial charge < -0.3 is 14.6 Å². The van der Waals surface area contributed by atoms with E-state index >= 15 is 0 Å². The second-order valence-corrected chi connectivity index (χ2v) is 10.3. The van der Waals surface area contributed by atoms with E-state index in [2.05, 4.69) is 4.99 Å². The third-order valence-corrected chi connectivity index (χ3v) is 7.29. The summed E-state index contributed by atoms with van der Waals surface area (Å²) in [4.78, 5) is 30.3. The highest BCUT2D eigenvalue weighted by Crippen LogP contribution is 2.40. The second kappa shape index (κ2) is 12.1. The van der Waals surface area contributed by atoms with Crippen LogP contribution in [0.25, 0.3) is 6.08 Å². The van der Waals surface area contributed by atoms with Gasteiger partial charge in [-0.15, -0.1) is 0 Å². The fourth-order valence-corrected chi connectivity index (χ4v) is 5.18. The van der Waals surface area contributed by atoms with Gasteiger partial charge in [0, 0.05) is 22.7 Å². The van der Waals surface area contributed by atoms with E-state index in [-0.39, 0.29) is 18.1 Å². The minimum absolute atomic E-state index is 0.155. The summed E-state index contributed by atoms with van der Waals surface area (Å²) in [6.45, 7) is 2.38. The van der Waals surface area contributed by atoms with Gasteiger partial charge in [0.1, 0.15) is 6.61 Å². The standard InChI is InChI=1S/C27H21Cl3N2O5S/c1-3-36-22-11-15(10-21(30)24(22)37-14-17-4-7-18(28)13-20(17)29)12-23-25(33)32(2)27(38-23)31-19-8-5-16(6-9-19)26(34)35/h4-13H,3,14H2,1-2H3,(H,34,35)/b23-12-,31-27?. The van der Waals surface area contributed by atoms with Crippen molar-refractivity contribution < 1.29 is 24.2 Å². The lowest BCUT2D eigenvalue weighted by molar-refractivity contribution is -0.121. The summed E-state index contributed by atoms with van der Waals surface area (Å²) in [5.41, 5.74) is 2.07. The number of amides is 1. The average Bonchev–Trinajstić information content (AvgIpc) is 3.12. The maximum atomic E-state index is 12.9. The van der Waals surface area contributed by atoms with Gasteiger partial charge in [0.2, 0.25) is 0 Å². The summed E-state index contributed by atoms with van der Waals surface area (Å²) in [5, 5.41) is 10.8. The topological polar surface area (TPSA) is 88.4 Å². The molecule has 1 heterocycles. The molecule has 0 radical (unpaired) electrons. The SMILES string of the molecule is CCOc1cc(/C=C2\SC(=Nc3ccc(C(=O)O)cc3)N(C)C2=O)cc(Cl)c1OCc1ccc(Cl)cc1Cl. The van der Waals surface area contributed by atoms with Crippen molar-refractivity contribution in [3.63, 3.8) is 0 Å². The van der Waals surface area contributed by atoms with Crippen molar-refractivity contribution in [2.24, 2.45) is 4.99 Å². The third-order valence-electron chi connectivity index (χ3n) is 5.36. The Kier molecular flexibility index (Phi) is 8.89. The van der Waals surface area contributed by atoms with E-state index in [1.807, 2.05) is 6.92 Å². The molecule has 38 heavy (non-hydrogen) atoms. The molecule has 0 unspecified atom stereocenters. The summed E-state index contributed by atoms with van der Waals surface area (Å²) in [7, 11) is 1.62. The summed E-state index contributed by atoms with van der Waals surface area (Å²) < 4.78 is 11.7. The number of rotatable bonds is 8. The molecule has 0 atom stereocenters. The van der Waals surface area contributed by atoms with E-state index in [4.69, 9.17) is 49.4 Å². The molecule has 1 fully saturated rings. The van der Waals surface area contributed by atoms with E-state index in [1.54, 1.807) is 55.6 Å². The van der Waals surface area contributed by atoms with Crippen molar-refractivity contribution in [2.45, 2.75) is 13.5 Å². The van der Waals surface area contributed by atoms with Gasteiger partial charge in [-0.25, -0.2) is 9.79 Å². The molecule has 3 aromatic rings. The molecule has 4 rings (SSSR count). The van der Waals surface area contributed by atoms with Crippen LogP contribution in [0.15, 0.2) is 64.5 Å². The first kappa shape index (κ1) is 27.9. The Morgan fingerprint density at radius 2 is 1.79 bits per heavy atom. The Morgan fingerprint density at radius 1 is 1.05 bits per heavy atom. The third kappa shape index (κ3) is 6.45. The summed E-state index contributed by atoms with van der Waals surface area (Å²) in [6.07, 6.45) is 1.70. The molecule has 1 saturated heterocycles.